The van der Waals surface area contributed by atoms with Gasteiger partial charge >= 0.3 is 0 Å². The Morgan fingerprint density at radius 3 is 2.60 bits per heavy atom. The lowest BCUT2D eigenvalue weighted by atomic mass is 10.1. The van der Waals surface area contributed by atoms with Gasteiger partial charge in [0.1, 0.15) is 5.82 Å². The van der Waals surface area contributed by atoms with Crippen molar-refractivity contribution in [1.82, 2.24) is 0 Å². The number of benzene rings is 1. The monoisotopic (exact) mass is 211 g/mol. The Morgan fingerprint density at radius 2 is 2.07 bits per heavy atom. The van der Waals surface area contributed by atoms with Gasteiger partial charge in [-0.2, -0.15) is 0 Å². The molecule has 1 unspecified atom stereocenters. The van der Waals surface area contributed by atoms with Gasteiger partial charge in [0.15, 0.2) is 0 Å². The van der Waals surface area contributed by atoms with Crippen LogP contribution in [0.5, 0.6) is 0 Å². The average molecular weight is 211 g/mol. The van der Waals surface area contributed by atoms with Crippen LogP contribution in [0.15, 0.2) is 24.3 Å². The number of anilines is 1. The third kappa shape index (κ3) is 3.20. The number of aliphatic hydroxyl groups excluding tert-OH is 1. The van der Waals surface area contributed by atoms with Gasteiger partial charge in [0.25, 0.3) is 0 Å². The molecule has 1 aromatic carbocycles. The minimum atomic E-state index is -0.204. The molecule has 0 amide bonds. The molecule has 84 valence electrons. The smallest absolute Gasteiger partial charge is 0.146 e. The van der Waals surface area contributed by atoms with Crippen molar-refractivity contribution < 1.29 is 9.50 Å². The van der Waals surface area contributed by atoms with Crippen molar-refractivity contribution >= 4 is 5.69 Å². The zero-order valence-corrected chi connectivity index (χ0v) is 9.28. The maximum Gasteiger partial charge on any atom is 0.146 e. The molecule has 1 atom stereocenters. The number of para-hydroxylation sites is 1. The highest BCUT2D eigenvalue weighted by Crippen LogP contribution is 2.19. The van der Waals surface area contributed by atoms with E-state index in [2.05, 4.69) is 0 Å². The predicted octanol–water partition coefficient (Wildman–Crippen LogP) is 2.28. The first-order valence-corrected chi connectivity index (χ1v) is 5.29. The van der Waals surface area contributed by atoms with Crippen LogP contribution in [0.4, 0.5) is 10.1 Å². The molecule has 0 bridgehead atoms. The van der Waals surface area contributed by atoms with Crippen LogP contribution in [-0.4, -0.2) is 24.8 Å². The molecular formula is C12H18FNO. The van der Waals surface area contributed by atoms with Gasteiger partial charge in [-0.3, -0.25) is 0 Å². The molecule has 0 aliphatic carbocycles. The molecule has 0 spiro atoms. The molecule has 1 rings (SSSR count). The Morgan fingerprint density at radius 1 is 1.40 bits per heavy atom. The molecule has 0 radical (unpaired) electrons. The second-order valence-corrected chi connectivity index (χ2v) is 3.78. The minimum Gasteiger partial charge on any atom is -0.396 e. The van der Waals surface area contributed by atoms with Crippen LogP contribution < -0.4 is 4.90 Å². The van der Waals surface area contributed by atoms with Crippen molar-refractivity contribution in [2.24, 2.45) is 5.92 Å². The summed E-state index contributed by atoms with van der Waals surface area (Å²) >= 11 is 0. The highest BCUT2D eigenvalue weighted by atomic mass is 19.1. The zero-order valence-electron chi connectivity index (χ0n) is 9.28. The summed E-state index contributed by atoms with van der Waals surface area (Å²) in [5.41, 5.74) is 0.611. The van der Waals surface area contributed by atoms with Crippen LogP contribution >= 0.6 is 0 Å². The number of hydrogen-bond donors (Lipinski definition) is 1. The van der Waals surface area contributed by atoms with E-state index in [0.717, 1.165) is 6.54 Å². The molecule has 0 heterocycles. The minimum absolute atomic E-state index is 0.130. The first-order valence-electron chi connectivity index (χ1n) is 5.29. The first-order chi connectivity index (χ1) is 7.19. The van der Waals surface area contributed by atoms with Gasteiger partial charge in [0.05, 0.1) is 5.69 Å². The summed E-state index contributed by atoms with van der Waals surface area (Å²) in [5.74, 6) is -0.0472. The van der Waals surface area contributed by atoms with E-state index in [-0.39, 0.29) is 18.3 Å². The van der Waals surface area contributed by atoms with Gasteiger partial charge < -0.3 is 10.0 Å². The van der Waals surface area contributed by atoms with Gasteiger partial charge in [-0.05, 0) is 25.0 Å². The summed E-state index contributed by atoms with van der Waals surface area (Å²) in [6, 6.07) is 6.73. The van der Waals surface area contributed by atoms with Crippen molar-refractivity contribution in [2.75, 3.05) is 24.6 Å². The summed E-state index contributed by atoms with van der Waals surface area (Å²) < 4.78 is 13.5. The third-order valence-corrected chi connectivity index (χ3v) is 2.42. The number of halogens is 1. The number of rotatable bonds is 5. The molecule has 1 aromatic rings. The Labute approximate surface area is 90.3 Å². The van der Waals surface area contributed by atoms with E-state index in [9.17, 15) is 4.39 Å². The van der Waals surface area contributed by atoms with Crippen LogP contribution in [0.2, 0.25) is 0 Å². The van der Waals surface area contributed by atoms with E-state index in [0.29, 0.717) is 12.2 Å². The molecular weight excluding hydrogens is 193 g/mol. The molecule has 2 nitrogen and oxygen atoms in total. The van der Waals surface area contributed by atoms with Crippen molar-refractivity contribution in [2.45, 2.75) is 13.8 Å². The largest absolute Gasteiger partial charge is 0.396 e. The highest BCUT2D eigenvalue weighted by molar-refractivity contribution is 5.47. The second-order valence-electron chi connectivity index (χ2n) is 3.78. The molecule has 0 aromatic heterocycles. The second kappa shape index (κ2) is 5.71. The Kier molecular flexibility index (Phi) is 4.56. The van der Waals surface area contributed by atoms with Gasteiger partial charge in [-0.15, -0.1) is 0 Å². The molecule has 0 aliphatic heterocycles. The van der Waals surface area contributed by atoms with E-state index in [1.165, 1.54) is 6.07 Å². The maximum absolute atomic E-state index is 13.5. The quantitative estimate of drug-likeness (QED) is 0.807. The molecule has 0 aliphatic rings. The summed E-state index contributed by atoms with van der Waals surface area (Å²) in [4.78, 5) is 1.94. The van der Waals surface area contributed by atoms with Crippen LogP contribution in [0, 0.1) is 11.7 Å². The topological polar surface area (TPSA) is 23.5 Å². The molecule has 15 heavy (non-hydrogen) atoms. The van der Waals surface area contributed by atoms with Gasteiger partial charge in [0.2, 0.25) is 0 Å². The maximum atomic E-state index is 13.5. The number of aliphatic hydroxyl groups is 1. The van der Waals surface area contributed by atoms with E-state index < -0.39 is 0 Å². The fraction of sp³-hybridized carbons (Fsp3) is 0.500. The van der Waals surface area contributed by atoms with Crippen molar-refractivity contribution in [3.8, 4) is 0 Å². The third-order valence-electron chi connectivity index (χ3n) is 2.42. The highest BCUT2D eigenvalue weighted by Gasteiger charge is 2.11. The van der Waals surface area contributed by atoms with E-state index >= 15 is 0 Å². The fourth-order valence-electron chi connectivity index (χ4n) is 1.54. The van der Waals surface area contributed by atoms with Crippen LogP contribution in [0.25, 0.3) is 0 Å². The number of nitrogens with zero attached hydrogens (tertiary/aromatic N) is 1. The first kappa shape index (κ1) is 12.0. The number of hydrogen-bond acceptors (Lipinski definition) is 2. The predicted molar refractivity (Wildman–Crippen MR) is 60.5 cm³/mol. The molecule has 0 saturated carbocycles. The van der Waals surface area contributed by atoms with E-state index in [4.69, 9.17) is 5.11 Å². The van der Waals surface area contributed by atoms with Gasteiger partial charge in [-0.1, -0.05) is 19.1 Å². The average Bonchev–Trinajstić information content (AvgIpc) is 2.26. The fourth-order valence-corrected chi connectivity index (χ4v) is 1.54. The van der Waals surface area contributed by atoms with Crippen LogP contribution in [0.3, 0.4) is 0 Å². The lowest BCUT2D eigenvalue weighted by molar-refractivity contribution is 0.239. The zero-order chi connectivity index (χ0) is 11.3. The van der Waals surface area contributed by atoms with Crippen molar-refractivity contribution in [1.29, 1.82) is 0 Å². The Hall–Kier alpha value is -1.09. The van der Waals surface area contributed by atoms with Crippen LogP contribution in [-0.2, 0) is 0 Å². The summed E-state index contributed by atoms with van der Waals surface area (Å²) in [7, 11) is 0. The van der Waals surface area contributed by atoms with Crippen molar-refractivity contribution in [3.05, 3.63) is 30.1 Å². The summed E-state index contributed by atoms with van der Waals surface area (Å²) in [5, 5.41) is 8.97. The van der Waals surface area contributed by atoms with Gasteiger partial charge in [0, 0.05) is 19.7 Å². The standard InChI is InChI=1S/C12H18FNO/c1-3-14(8-10(2)9-15)12-7-5-4-6-11(12)13/h4-7,10,15H,3,8-9H2,1-2H3. The SMILES string of the molecule is CCN(CC(C)CO)c1ccccc1F. The summed E-state index contributed by atoms with van der Waals surface area (Å²) in [6.07, 6.45) is 0. The Bertz CT molecular complexity index is 303. The lowest BCUT2D eigenvalue weighted by Crippen LogP contribution is -2.30. The molecule has 1 N–H and O–H groups in total. The normalized spacial score (nSPS) is 12.5. The van der Waals surface area contributed by atoms with Gasteiger partial charge in [-0.25, -0.2) is 4.39 Å². The van der Waals surface area contributed by atoms with Crippen molar-refractivity contribution in [3.63, 3.8) is 0 Å². The van der Waals surface area contributed by atoms with E-state index in [1.54, 1.807) is 12.1 Å². The molecule has 0 fully saturated rings. The Balaban J connectivity index is 2.78. The van der Waals surface area contributed by atoms with E-state index in [1.807, 2.05) is 24.8 Å². The molecule has 3 heteroatoms. The summed E-state index contributed by atoms with van der Waals surface area (Å²) in [6.45, 7) is 5.48. The molecule has 0 saturated heterocycles. The lowest BCUT2D eigenvalue weighted by Gasteiger charge is -2.26. The van der Waals surface area contributed by atoms with Crippen LogP contribution in [0.1, 0.15) is 13.8 Å².